The lowest BCUT2D eigenvalue weighted by molar-refractivity contribution is 0.134. The number of aromatic nitrogens is 3. The summed E-state index contributed by atoms with van der Waals surface area (Å²) in [5.74, 6) is 2.59. The molecule has 3 heterocycles. The molecule has 0 radical (unpaired) electrons. The van der Waals surface area contributed by atoms with Crippen molar-refractivity contribution in [2.45, 2.75) is 32.6 Å². The van der Waals surface area contributed by atoms with Crippen LogP contribution < -0.4 is 5.73 Å². The Morgan fingerprint density at radius 2 is 2.15 bits per heavy atom. The van der Waals surface area contributed by atoms with Gasteiger partial charge in [0.1, 0.15) is 5.82 Å². The van der Waals surface area contributed by atoms with Gasteiger partial charge in [-0.25, -0.2) is 0 Å². The summed E-state index contributed by atoms with van der Waals surface area (Å²) < 4.78 is 7.71. The summed E-state index contributed by atoms with van der Waals surface area (Å²) >= 11 is 0. The molecule has 104 valence electrons. The Bertz CT molecular complexity index is 649. The molecule has 0 aliphatic carbocycles. The minimum absolute atomic E-state index is 0.537. The highest BCUT2D eigenvalue weighted by Crippen LogP contribution is 2.29. The lowest BCUT2D eigenvalue weighted by Gasteiger charge is -2.23. The molecule has 5 nitrogen and oxygen atoms in total. The van der Waals surface area contributed by atoms with Crippen LogP contribution in [0.15, 0.2) is 18.2 Å². The van der Waals surface area contributed by atoms with Gasteiger partial charge in [-0.05, 0) is 36.1 Å². The molecule has 0 fully saturated rings. The average Bonchev–Trinajstić information content (AvgIpc) is 3.11. The van der Waals surface area contributed by atoms with Crippen LogP contribution in [-0.2, 0) is 30.9 Å². The standard InChI is InChI=1S/C15H18N4O/c16-6-10-1-4-14-17-18-15(19(14)7-10)11-2-3-12-8-20-9-13(12)5-11/h2-3,5,10H,1,4,6-9,16H2. The van der Waals surface area contributed by atoms with Crippen LogP contribution in [0.4, 0.5) is 0 Å². The van der Waals surface area contributed by atoms with E-state index in [1.165, 1.54) is 11.1 Å². The van der Waals surface area contributed by atoms with E-state index in [1.807, 2.05) is 0 Å². The molecular weight excluding hydrogens is 252 g/mol. The SMILES string of the molecule is NCC1CCc2nnc(-c3ccc4c(c3)COC4)n2C1. The van der Waals surface area contributed by atoms with E-state index in [1.54, 1.807) is 0 Å². The number of fused-ring (bicyclic) bond motifs is 2. The molecular formula is C15H18N4O. The molecule has 4 rings (SSSR count). The van der Waals surface area contributed by atoms with Gasteiger partial charge in [0.2, 0.25) is 0 Å². The molecule has 2 N–H and O–H groups in total. The fourth-order valence-corrected chi connectivity index (χ4v) is 3.11. The molecule has 20 heavy (non-hydrogen) atoms. The lowest BCUT2D eigenvalue weighted by Crippen LogP contribution is -2.26. The van der Waals surface area contributed by atoms with Gasteiger partial charge in [-0.15, -0.1) is 10.2 Å². The first-order valence-corrected chi connectivity index (χ1v) is 7.17. The number of aryl methyl sites for hydroxylation is 1. The van der Waals surface area contributed by atoms with E-state index >= 15 is 0 Å². The number of hydrogen-bond donors (Lipinski definition) is 1. The topological polar surface area (TPSA) is 66.0 Å². The fourth-order valence-electron chi connectivity index (χ4n) is 3.11. The van der Waals surface area contributed by atoms with Crippen molar-refractivity contribution in [2.24, 2.45) is 11.7 Å². The number of nitrogens with two attached hydrogens (primary N) is 1. The summed E-state index contributed by atoms with van der Waals surface area (Å²) in [6.07, 6.45) is 2.09. The van der Waals surface area contributed by atoms with E-state index in [-0.39, 0.29) is 0 Å². The summed E-state index contributed by atoms with van der Waals surface area (Å²) in [4.78, 5) is 0. The first-order valence-electron chi connectivity index (χ1n) is 7.17. The molecule has 5 heteroatoms. The van der Waals surface area contributed by atoms with E-state index in [0.717, 1.165) is 49.8 Å². The van der Waals surface area contributed by atoms with E-state index < -0.39 is 0 Å². The monoisotopic (exact) mass is 270 g/mol. The molecule has 0 saturated carbocycles. The predicted molar refractivity (Wildman–Crippen MR) is 74.8 cm³/mol. The first-order chi connectivity index (χ1) is 9.85. The zero-order valence-electron chi connectivity index (χ0n) is 11.4. The van der Waals surface area contributed by atoms with Crippen molar-refractivity contribution in [1.29, 1.82) is 0 Å². The molecule has 0 saturated heterocycles. The molecule has 2 aliphatic heterocycles. The summed E-state index contributed by atoms with van der Waals surface area (Å²) in [5.41, 5.74) is 9.50. The van der Waals surface area contributed by atoms with Crippen molar-refractivity contribution in [3.63, 3.8) is 0 Å². The zero-order chi connectivity index (χ0) is 13.5. The molecule has 2 aliphatic rings. The Morgan fingerprint density at radius 1 is 1.25 bits per heavy atom. The van der Waals surface area contributed by atoms with Crippen LogP contribution in [0, 0.1) is 5.92 Å². The Labute approximate surface area is 117 Å². The summed E-state index contributed by atoms with van der Waals surface area (Å²) in [6, 6.07) is 6.45. The van der Waals surface area contributed by atoms with Crippen LogP contribution >= 0.6 is 0 Å². The number of rotatable bonds is 2. The Morgan fingerprint density at radius 3 is 3.05 bits per heavy atom. The molecule has 0 spiro atoms. The summed E-state index contributed by atoms with van der Waals surface area (Å²) in [7, 11) is 0. The van der Waals surface area contributed by atoms with Gasteiger partial charge >= 0.3 is 0 Å². The van der Waals surface area contributed by atoms with Gasteiger partial charge in [0.15, 0.2) is 5.82 Å². The molecule has 1 aromatic carbocycles. The number of benzene rings is 1. The summed E-state index contributed by atoms with van der Waals surface area (Å²) in [5, 5.41) is 8.73. The van der Waals surface area contributed by atoms with Crippen LogP contribution in [-0.4, -0.2) is 21.3 Å². The maximum absolute atomic E-state index is 5.82. The van der Waals surface area contributed by atoms with Gasteiger partial charge in [-0.2, -0.15) is 0 Å². The highest BCUT2D eigenvalue weighted by Gasteiger charge is 2.23. The van der Waals surface area contributed by atoms with Gasteiger partial charge in [0.05, 0.1) is 13.2 Å². The Kier molecular flexibility index (Phi) is 2.82. The summed E-state index contributed by atoms with van der Waals surface area (Å²) in [6.45, 7) is 3.09. The van der Waals surface area contributed by atoms with E-state index in [9.17, 15) is 0 Å². The van der Waals surface area contributed by atoms with Gasteiger partial charge in [-0.1, -0.05) is 12.1 Å². The van der Waals surface area contributed by atoms with E-state index in [2.05, 4.69) is 33.0 Å². The van der Waals surface area contributed by atoms with Crippen LogP contribution in [0.2, 0.25) is 0 Å². The van der Waals surface area contributed by atoms with Crippen LogP contribution in [0.25, 0.3) is 11.4 Å². The number of nitrogens with zero attached hydrogens (tertiary/aromatic N) is 3. The highest BCUT2D eigenvalue weighted by atomic mass is 16.5. The third kappa shape index (κ3) is 1.85. The zero-order valence-corrected chi connectivity index (χ0v) is 11.4. The normalized spacial score (nSPS) is 20.8. The number of ether oxygens (including phenoxy) is 1. The Hall–Kier alpha value is -1.72. The van der Waals surface area contributed by atoms with Crippen LogP contribution in [0.5, 0.6) is 0 Å². The Balaban J connectivity index is 1.74. The molecule has 0 amide bonds. The third-order valence-corrected chi connectivity index (χ3v) is 4.36. The molecule has 0 bridgehead atoms. The minimum atomic E-state index is 0.537. The maximum atomic E-state index is 5.82. The van der Waals surface area contributed by atoms with Crippen molar-refractivity contribution in [3.8, 4) is 11.4 Å². The maximum Gasteiger partial charge on any atom is 0.163 e. The molecule has 1 atom stereocenters. The van der Waals surface area contributed by atoms with Crippen molar-refractivity contribution in [1.82, 2.24) is 14.8 Å². The quantitative estimate of drug-likeness (QED) is 0.898. The van der Waals surface area contributed by atoms with Gasteiger partial charge in [0, 0.05) is 18.5 Å². The predicted octanol–water partition coefficient (Wildman–Crippen LogP) is 1.50. The molecule has 1 aromatic heterocycles. The van der Waals surface area contributed by atoms with Gasteiger partial charge < -0.3 is 15.0 Å². The van der Waals surface area contributed by atoms with Gasteiger partial charge in [0.25, 0.3) is 0 Å². The molecule has 1 unspecified atom stereocenters. The largest absolute Gasteiger partial charge is 0.372 e. The number of hydrogen-bond acceptors (Lipinski definition) is 4. The van der Waals surface area contributed by atoms with Crippen molar-refractivity contribution in [3.05, 3.63) is 35.2 Å². The van der Waals surface area contributed by atoms with E-state index in [4.69, 9.17) is 10.5 Å². The van der Waals surface area contributed by atoms with E-state index in [0.29, 0.717) is 12.5 Å². The van der Waals surface area contributed by atoms with Crippen molar-refractivity contribution < 1.29 is 4.74 Å². The van der Waals surface area contributed by atoms with Crippen molar-refractivity contribution in [2.75, 3.05) is 6.54 Å². The second-order valence-electron chi connectivity index (χ2n) is 5.67. The van der Waals surface area contributed by atoms with Crippen LogP contribution in [0.1, 0.15) is 23.4 Å². The second-order valence-corrected chi connectivity index (χ2v) is 5.67. The minimum Gasteiger partial charge on any atom is -0.372 e. The fraction of sp³-hybridized carbons (Fsp3) is 0.467. The second kappa shape index (κ2) is 4.68. The smallest absolute Gasteiger partial charge is 0.163 e. The average molecular weight is 270 g/mol. The van der Waals surface area contributed by atoms with Gasteiger partial charge in [-0.3, -0.25) is 0 Å². The third-order valence-electron chi connectivity index (χ3n) is 4.36. The van der Waals surface area contributed by atoms with Crippen molar-refractivity contribution >= 4 is 0 Å². The lowest BCUT2D eigenvalue weighted by atomic mass is 9.99. The highest BCUT2D eigenvalue weighted by molar-refractivity contribution is 5.58. The first kappa shape index (κ1) is 12.1. The van der Waals surface area contributed by atoms with Crippen LogP contribution in [0.3, 0.4) is 0 Å². The molecule has 2 aromatic rings.